The van der Waals surface area contributed by atoms with Gasteiger partial charge in [-0.2, -0.15) is 0 Å². The van der Waals surface area contributed by atoms with E-state index in [0.29, 0.717) is 18.1 Å². The highest BCUT2D eigenvalue weighted by Crippen LogP contribution is 3.02. The Hall–Kier alpha value is -2.53. The topological polar surface area (TPSA) is 70.6 Å². The smallest absolute Gasteiger partial charge is 0.319 e. The first-order valence-electron chi connectivity index (χ1n) is 8.04. The van der Waals surface area contributed by atoms with Crippen LogP contribution in [0, 0.1) is 0 Å². The first-order valence-corrected chi connectivity index (χ1v) is 9.99. The number of anilines is 1. The summed E-state index contributed by atoms with van der Waals surface area (Å²) in [6.45, 7) is 0. The van der Waals surface area contributed by atoms with Crippen molar-refractivity contribution in [2.75, 3.05) is 12.4 Å². The Morgan fingerprint density at radius 3 is 2.46 bits per heavy atom. The fraction of sp³-hybridized carbons (Fsp3) is 0.235. The lowest BCUT2D eigenvalue weighted by Crippen LogP contribution is -2.36. The number of carbonyl (C=O) groups is 1. The van der Waals surface area contributed by atoms with Crippen LogP contribution >= 0.6 is 10.2 Å². The van der Waals surface area contributed by atoms with Crippen molar-refractivity contribution in [3.05, 3.63) is 53.6 Å². The molecule has 0 aliphatic heterocycles. The standard InChI is InChI=1S/C17H17F5N2O3S/c1-27-15-7-6-11(28(18,19,20,21)22)9-13(15)23-17(26)24-16-12-5-3-2-4-10(12)8-14(16)25/h2-7,9,14,16,25H,8H2,1H3,(H2,23,24,26)/t14-,16+/m0/s1. The molecule has 0 radical (unpaired) electrons. The fourth-order valence-corrected chi connectivity index (χ4v) is 3.74. The van der Waals surface area contributed by atoms with Crippen LogP contribution in [0.4, 0.5) is 29.9 Å². The van der Waals surface area contributed by atoms with E-state index in [1.54, 1.807) is 24.3 Å². The molecule has 0 spiro atoms. The summed E-state index contributed by atoms with van der Waals surface area (Å²) in [6, 6.07) is 6.21. The molecule has 1 aliphatic rings. The molecule has 2 aromatic rings. The molecule has 28 heavy (non-hydrogen) atoms. The number of ether oxygens (including phenoxy) is 1. The maximum absolute atomic E-state index is 13.0. The van der Waals surface area contributed by atoms with Gasteiger partial charge in [-0.25, -0.2) is 4.79 Å². The lowest BCUT2D eigenvalue weighted by atomic mass is 10.1. The largest absolute Gasteiger partial charge is 0.495 e. The molecule has 154 valence electrons. The first-order chi connectivity index (χ1) is 12.8. The van der Waals surface area contributed by atoms with Gasteiger partial charge in [-0.3, -0.25) is 0 Å². The van der Waals surface area contributed by atoms with Gasteiger partial charge in [-0.05, 0) is 29.3 Å². The van der Waals surface area contributed by atoms with E-state index >= 15 is 0 Å². The number of rotatable bonds is 4. The van der Waals surface area contributed by atoms with Crippen molar-refractivity contribution in [3.8, 4) is 5.75 Å². The summed E-state index contributed by atoms with van der Waals surface area (Å²) in [5.74, 6) is -0.229. The van der Waals surface area contributed by atoms with Crippen molar-refractivity contribution >= 4 is 21.9 Å². The molecule has 1 aliphatic carbocycles. The van der Waals surface area contributed by atoms with Crippen LogP contribution in [-0.4, -0.2) is 24.4 Å². The zero-order valence-electron chi connectivity index (χ0n) is 14.5. The second kappa shape index (κ2) is 5.98. The highest BCUT2D eigenvalue weighted by atomic mass is 32.5. The van der Waals surface area contributed by atoms with Crippen molar-refractivity contribution in [2.45, 2.75) is 23.5 Å². The number of hydrogen-bond acceptors (Lipinski definition) is 3. The molecule has 0 saturated carbocycles. The Bertz CT molecular complexity index is 937. The number of hydrogen-bond donors (Lipinski definition) is 3. The molecule has 11 heteroatoms. The van der Waals surface area contributed by atoms with Crippen LogP contribution in [0.2, 0.25) is 0 Å². The Labute approximate surface area is 157 Å². The Morgan fingerprint density at radius 2 is 1.82 bits per heavy atom. The Kier molecular flexibility index (Phi) is 4.32. The van der Waals surface area contributed by atoms with Crippen LogP contribution in [0.5, 0.6) is 5.75 Å². The third kappa shape index (κ3) is 4.14. The average Bonchev–Trinajstić information content (AvgIpc) is 2.88. The van der Waals surface area contributed by atoms with Gasteiger partial charge in [-0.15, -0.1) is 0 Å². The van der Waals surface area contributed by atoms with Crippen molar-refractivity contribution in [3.63, 3.8) is 0 Å². The average molecular weight is 424 g/mol. The van der Waals surface area contributed by atoms with Crippen molar-refractivity contribution in [1.82, 2.24) is 5.32 Å². The van der Waals surface area contributed by atoms with Gasteiger partial charge in [0.05, 0.1) is 24.9 Å². The lowest BCUT2D eigenvalue weighted by molar-refractivity contribution is 0.144. The molecule has 3 rings (SSSR count). The summed E-state index contributed by atoms with van der Waals surface area (Å²) in [6.07, 6.45) is -0.634. The third-order valence-electron chi connectivity index (χ3n) is 4.36. The van der Waals surface area contributed by atoms with Crippen molar-refractivity contribution in [2.24, 2.45) is 0 Å². The number of fused-ring (bicyclic) bond motifs is 1. The highest BCUT2D eigenvalue weighted by Gasteiger charge is 2.65. The molecular formula is C17H17F5N2O3S. The van der Waals surface area contributed by atoms with Gasteiger partial charge in [-0.1, -0.05) is 43.7 Å². The predicted octanol–water partition coefficient (Wildman–Crippen LogP) is 5.13. The van der Waals surface area contributed by atoms with Gasteiger partial charge in [0.15, 0.2) is 0 Å². The number of carbonyl (C=O) groups excluding carboxylic acids is 1. The summed E-state index contributed by atoms with van der Waals surface area (Å²) >= 11 is 0. The third-order valence-corrected chi connectivity index (χ3v) is 5.50. The highest BCUT2D eigenvalue weighted by molar-refractivity contribution is 8.45. The molecule has 2 aromatic carbocycles. The van der Waals surface area contributed by atoms with E-state index in [1.165, 1.54) is 0 Å². The van der Waals surface area contributed by atoms with E-state index in [4.69, 9.17) is 4.74 Å². The number of benzene rings is 2. The molecule has 0 fully saturated rings. The van der Waals surface area contributed by atoms with Crippen LogP contribution < -0.4 is 15.4 Å². The number of methoxy groups -OCH3 is 1. The molecule has 2 amide bonds. The summed E-state index contributed by atoms with van der Waals surface area (Å²) < 4.78 is 70.0. The summed E-state index contributed by atoms with van der Waals surface area (Å²) in [5.41, 5.74) is 0.908. The Balaban J connectivity index is 1.85. The number of urea groups is 1. The number of halogens is 5. The minimum atomic E-state index is -9.93. The monoisotopic (exact) mass is 424 g/mol. The van der Waals surface area contributed by atoms with Gasteiger partial charge in [0.2, 0.25) is 0 Å². The van der Waals surface area contributed by atoms with Gasteiger partial charge < -0.3 is 20.5 Å². The summed E-state index contributed by atoms with van der Waals surface area (Å²) in [5, 5.41) is 14.7. The van der Waals surface area contributed by atoms with Crippen LogP contribution in [-0.2, 0) is 6.42 Å². The van der Waals surface area contributed by atoms with Crippen LogP contribution in [0.1, 0.15) is 17.2 Å². The molecular weight excluding hydrogens is 407 g/mol. The van der Waals surface area contributed by atoms with E-state index in [1.807, 2.05) is 0 Å². The Morgan fingerprint density at radius 1 is 1.14 bits per heavy atom. The van der Waals surface area contributed by atoms with E-state index in [9.17, 15) is 29.3 Å². The molecule has 2 atom stereocenters. The second-order valence-electron chi connectivity index (χ2n) is 6.38. The fourth-order valence-electron chi connectivity index (χ4n) is 3.07. The molecule has 0 bridgehead atoms. The number of aliphatic hydroxyl groups excluding tert-OH is 1. The minimum Gasteiger partial charge on any atom is -0.495 e. The summed E-state index contributed by atoms with van der Waals surface area (Å²) in [4.78, 5) is 10.1. The van der Waals surface area contributed by atoms with Gasteiger partial charge in [0.25, 0.3) is 0 Å². The second-order valence-corrected chi connectivity index (χ2v) is 8.79. The van der Waals surface area contributed by atoms with Crippen LogP contribution in [0.25, 0.3) is 0 Å². The number of nitrogens with one attached hydrogen (secondary N) is 2. The lowest BCUT2D eigenvalue weighted by Gasteiger charge is -2.40. The van der Waals surface area contributed by atoms with E-state index in [-0.39, 0.29) is 17.9 Å². The van der Waals surface area contributed by atoms with Gasteiger partial charge in [0, 0.05) is 6.42 Å². The van der Waals surface area contributed by atoms with Crippen molar-refractivity contribution in [1.29, 1.82) is 0 Å². The van der Waals surface area contributed by atoms with E-state index in [2.05, 4.69) is 10.6 Å². The molecule has 3 N–H and O–H groups in total. The quantitative estimate of drug-likeness (QED) is 0.596. The number of amides is 2. The maximum atomic E-state index is 13.0. The van der Waals surface area contributed by atoms with Gasteiger partial charge in [0.1, 0.15) is 10.6 Å². The van der Waals surface area contributed by atoms with Gasteiger partial charge >= 0.3 is 16.3 Å². The molecule has 0 aromatic heterocycles. The van der Waals surface area contributed by atoms with Crippen LogP contribution in [0.15, 0.2) is 47.4 Å². The van der Waals surface area contributed by atoms with E-state index < -0.39 is 39.0 Å². The van der Waals surface area contributed by atoms with Crippen molar-refractivity contribution < 1.29 is 34.1 Å². The first kappa shape index (κ1) is 20.2. The SMILES string of the molecule is COc1ccc(S(F)(F)(F)(F)F)cc1NC(=O)N[C@@H]1c2ccccc2C[C@@H]1O. The predicted molar refractivity (Wildman–Crippen MR) is 95.4 cm³/mol. The molecule has 0 unspecified atom stereocenters. The molecule has 5 nitrogen and oxygen atoms in total. The van der Waals surface area contributed by atoms with Crippen LogP contribution in [0.3, 0.4) is 0 Å². The molecule has 0 heterocycles. The molecule has 0 saturated heterocycles. The zero-order chi connectivity index (χ0) is 20.8. The minimum absolute atomic E-state index is 0.124. The van der Waals surface area contributed by atoms with E-state index in [0.717, 1.165) is 12.7 Å². The maximum Gasteiger partial charge on any atom is 0.319 e. The zero-order valence-corrected chi connectivity index (χ0v) is 15.3. The number of aliphatic hydroxyl groups is 1. The normalized spacial score (nSPS) is 21.2. The summed E-state index contributed by atoms with van der Waals surface area (Å²) in [7, 11) is -8.81.